The molecule has 4 saturated carbocycles. The summed E-state index contributed by atoms with van der Waals surface area (Å²) in [5.74, 6) is 2.82. The van der Waals surface area contributed by atoms with Crippen LogP contribution in [0.15, 0.2) is 0 Å². The van der Waals surface area contributed by atoms with Crippen LogP contribution in [-0.2, 0) is 9.53 Å². The van der Waals surface area contributed by atoms with Crippen LogP contribution in [0.25, 0.3) is 0 Å². The lowest BCUT2D eigenvalue weighted by Gasteiger charge is -2.56. The van der Waals surface area contributed by atoms with Gasteiger partial charge in [-0.2, -0.15) is 0 Å². The predicted octanol–water partition coefficient (Wildman–Crippen LogP) is 3.54. The Morgan fingerprint density at radius 1 is 1.12 bits per heavy atom. The molecular formula is C15H24O2. The number of esters is 1. The molecule has 4 bridgehead atoms. The van der Waals surface area contributed by atoms with E-state index in [2.05, 4.69) is 0 Å². The van der Waals surface area contributed by atoms with Crippen molar-refractivity contribution in [1.29, 1.82) is 0 Å². The molecule has 4 rings (SSSR count). The SMILES string of the molecule is CC(C)OC(=O)CC12CC3CC(CC(C3)C1)C2. The number of hydrogen-bond donors (Lipinski definition) is 0. The molecular weight excluding hydrogens is 212 g/mol. The lowest BCUT2D eigenvalue weighted by atomic mass is 9.49. The normalized spacial score (nSPS) is 43.1. The Kier molecular flexibility index (Phi) is 2.72. The van der Waals surface area contributed by atoms with Gasteiger partial charge in [0.15, 0.2) is 0 Å². The van der Waals surface area contributed by atoms with E-state index in [1.54, 1.807) is 0 Å². The molecule has 2 heteroatoms. The third-order valence-corrected chi connectivity index (χ3v) is 5.05. The standard InChI is InChI=1S/C15H24O2/c1-10(2)17-14(16)9-15-6-11-3-12(7-15)5-13(4-11)8-15/h10-13H,3-9H2,1-2H3. The fourth-order valence-electron chi connectivity index (χ4n) is 5.12. The lowest BCUT2D eigenvalue weighted by Crippen LogP contribution is -2.47. The molecule has 0 aromatic heterocycles. The molecule has 0 radical (unpaired) electrons. The van der Waals surface area contributed by atoms with Crippen molar-refractivity contribution >= 4 is 5.97 Å². The van der Waals surface area contributed by atoms with E-state index in [0.717, 1.165) is 17.8 Å². The van der Waals surface area contributed by atoms with E-state index >= 15 is 0 Å². The minimum absolute atomic E-state index is 0.0383. The van der Waals surface area contributed by atoms with Crippen molar-refractivity contribution in [3.05, 3.63) is 0 Å². The summed E-state index contributed by atoms with van der Waals surface area (Å²) in [6.45, 7) is 3.88. The number of ether oxygens (including phenoxy) is 1. The maximum atomic E-state index is 11.9. The molecule has 0 heterocycles. The second kappa shape index (κ2) is 4.00. The van der Waals surface area contributed by atoms with Crippen LogP contribution in [0.4, 0.5) is 0 Å². The van der Waals surface area contributed by atoms with Crippen LogP contribution in [0, 0.1) is 23.2 Å². The Labute approximate surface area is 104 Å². The monoisotopic (exact) mass is 236 g/mol. The van der Waals surface area contributed by atoms with Crippen molar-refractivity contribution < 1.29 is 9.53 Å². The maximum Gasteiger partial charge on any atom is 0.306 e. The molecule has 0 atom stereocenters. The lowest BCUT2D eigenvalue weighted by molar-refractivity contribution is -0.155. The van der Waals surface area contributed by atoms with E-state index in [4.69, 9.17) is 4.74 Å². The molecule has 0 unspecified atom stereocenters. The smallest absolute Gasteiger partial charge is 0.306 e. The van der Waals surface area contributed by atoms with Crippen molar-refractivity contribution in [2.75, 3.05) is 0 Å². The van der Waals surface area contributed by atoms with Crippen molar-refractivity contribution in [3.63, 3.8) is 0 Å². The fourth-order valence-corrected chi connectivity index (χ4v) is 5.12. The van der Waals surface area contributed by atoms with E-state index < -0.39 is 0 Å². The van der Waals surface area contributed by atoms with E-state index in [1.807, 2.05) is 13.8 Å². The summed E-state index contributed by atoms with van der Waals surface area (Å²) in [5.41, 5.74) is 0.334. The van der Waals surface area contributed by atoms with Crippen molar-refractivity contribution in [2.45, 2.75) is 64.9 Å². The largest absolute Gasteiger partial charge is 0.463 e. The number of carbonyl (C=O) groups excluding carboxylic acids is 1. The molecule has 17 heavy (non-hydrogen) atoms. The molecule has 0 aromatic carbocycles. The topological polar surface area (TPSA) is 26.3 Å². The van der Waals surface area contributed by atoms with Gasteiger partial charge >= 0.3 is 5.97 Å². The van der Waals surface area contributed by atoms with Crippen molar-refractivity contribution in [2.24, 2.45) is 23.2 Å². The third kappa shape index (κ3) is 2.23. The highest BCUT2D eigenvalue weighted by atomic mass is 16.5. The van der Waals surface area contributed by atoms with Gasteiger partial charge in [-0.15, -0.1) is 0 Å². The van der Waals surface area contributed by atoms with Crippen LogP contribution in [0.1, 0.15) is 58.8 Å². The Morgan fingerprint density at radius 2 is 1.59 bits per heavy atom. The van der Waals surface area contributed by atoms with E-state index in [0.29, 0.717) is 11.8 Å². The summed E-state index contributed by atoms with van der Waals surface area (Å²) in [4.78, 5) is 11.9. The highest BCUT2D eigenvalue weighted by molar-refractivity contribution is 5.70. The highest BCUT2D eigenvalue weighted by Gasteiger charge is 2.51. The molecule has 0 aromatic rings. The van der Waals surface area contributed by atoms with Gasteiger partial charge < -0.3 is 4.74 Å². The van der Waals surface area contributed by atoms with Crippen LogP contribution in [0.3, 0.4) is 0 Å². The zero-order valence-corrected chi connectivity index (χ0v) is 11.1. The van der Waals surface area contributed by atoms with Gasteiger partial charge in [-0.05, 0) is 75.5 Å². The van der Waals surface area contributed by atoms with Gasteiger partial charge in [0, 0.05) is 0 Å². The number of hydrogen-bond acceptors (Lipinski definition) is 2. The first-order valence-electron chi connectivity index (χ1n) is 7.24. The second-order valence-corrected chi connectivity index (χ2v) is 7.13. The number of rotatable bonds is 3. The average Bonchev–Trinajstić information content (AvgIpc) is 2.11. The minimum Gasteiger partial charge on any atom is -0.463 e. The molecule has 0 aliphatic heterocycles. The molecule has 2 nitrogen and oxygen atoms in total. The fraction of sp³-hybridized carbons (Fsp3) is 0.933. The Hall–Kier alpha value is -0.530. The van der Waals surface area contributed by atoms with Crippen LogP contribution in [0.5, 0.6) is 0 Å². The van der Waals surface area contributed by atoms with E-state index in [-0.39, 0.29) is 12.1 Å². The maximum absolute atomic E-state index is 11.9. The van der Waals surface area contributed by atoms with Crippen molar-refractivity contribution in [3.8, 4) is 0 Å². The first kappa shape index (κ1) is 11.6. The predicted molar refractivity (Wildman–Crippen MR) is 66.5 cm³/mol. The molecule has 4 aliphatic carbocycles. The Morgan fingerprint density at radius 3 is 2.00 bits per heavy atom. The molecule has 96 valence electrons. The van der Waals surface area contributed by atoms with Gasteiger partial charge in [-0.1, -0.05) is 0 Å². The zero-order chi connectivity index (χ0) is 12.0. The van der Waals surface area contributed by atoms with Gasteiger partial charge in [0.2, 0.25) is 0 Å². The van der Waals surface area contributed by atoms with Crippen LogP contribution >= 0.6 is 0 Å². The van der Waals surface area contributed by atoms with Gasteiger partial charge in [0.1, 0.15) is 0 Å². The molecule has 0 saturated heterocycles. The van der Waals surface area contributed by atoms with E-state index in [9.17, 15) is 4.79 Å². The van der Waals surface area contributed by atoms with E-state index in [1.165, 1.54) is 38.5 Å². The van der Waals surface area contributed by atoms with Crippen LogP contribution in [0.2, 0.25) is 0 Å². The molecule has 4 aliphatic rings. The first-order chi connectivity index (χ1) is 8.05. The van der Waals surface area contributed by atoms with Crippen LogP contribution in [-0.4, -0.2) is 12.1 Å². The molecule has 0 amide bonds. The Bertz CT molecular complexity index is 284. The molecule has 0 N–H and O–H groups in total. The summed E-state index contributed by atoms with van der Waals surface area (Å²) < 4.78 is 5.35. The van der Waals surface area contributed by atoms with Gasteiger partial charge in [-0.25, -0.2) is 0 Å². The summed E-state index contributed by atoms with van der Waals surface area (Å²) in [5, 5.41) is 0. The van der Waals surface area contributed by atoms with Gasteiger partial charge in [-0.3, -0.25) is 4.79 Å². The molecule has 4 fully saturated rings. The van der Waals surface area contributed by atoms with Crippen LogP contribution < -0.4 is 0 Å². The quantitative estimate of drug-likeness (QED) is 0.700. The number of carbonyl (C=O) groups is 1. The summed E-state index contributed by atoms with van der Waals surface area (Å²) in [7, 11) is 0. The molecule has 0 spiro atoms. The zero-order valence-electron chi connectivity index (χ0n) is 11.1. The van der Waals surface area contributed by atoms with Gasteiger partial charge in [0.25, 0.3) is 0 Å². The first-order valence-corrected chi connectivity index (χ1v) is 7.24. The van der Waals surface area contributed by atoms with Gasteiger partial charge in [0.05, 0.1) is 12.5 Å². The summed E-state index contributed by atoms with van der Waals surface area (Å²) in [6.07, 6.45) is 8.95. The van der Waals surface area contributed by atoms with Crippen molar-refractivity contribution in [1.82, 2.24) is 0 Å². The average molecular weight is 236 g/mol. The summed E-state index contributed by atoms with van der Waals surface area (Å²) in [6, 6.07) is 0. The third-order valence-electron chi connectivity index (χ3n) is 5.05. The summed E-state index contributed by atoms with van der Waals surface area (Å²) >= 11 is 0. The highest BCUT2D eigenvalue weighted by Crippen LogP contribution is 2.61. The minimum atomic E-state index is 0.0383. The second-order valence-electron chi connectivity index (χ2n) is 7.13. The Balaban J connectivity index is 1.68.